The second-order valence-corrected chi connectivity index (χ2v) is 7.80. The van der Waals surface area contributed by atoms with Gasteiger partial charge in [-0.15, -0.1) is 0 Å². The molecule has 0 spiro atoms. The number of likely N-dealkylation sites (tertiary alicyclic amines) is 1. The number of rotatable bonds is 6. The van der Waals surface area contributed by atoms with Crippen LogP contribution in [0.1, 0.15) is 33.5 Å². The number of hydrogen-bond donors (Lipinski definition) is 0. The molecule has 1 saturated heterocycles. The Balaban J connectivity index is 1.35. The van der Waals surface area contributed by atoms with Crippen molar-refractivity contribution in [3.63, 3.8) is 0 Å². The van der Waals surface area contributed by atoms with E-state index in [-0.39, 0.29) is 18.1 Å². The molecule has 156 valence electrons. The zero-order valence-corrected chi connectivity index (χ0v) is 17.3. The van der Waals surface area contributed by atoms with E-state index in [2.05, 4.69) is 0 Å². The van der Waals surface area contributed by atoms with Crippen LogP contribution in [0.3, 0.4) is 0 Å². The molecule has 0 radical (unpaired) electrons. The standard InChI is InChI=1S/C26H23NO4/c1-18-7-9-19(10-8-18)16-27-17-22(15-24(27)28)26(30)31-23-13-11-21(12-14-23)25(29)20-5-3-2-4-6-20/h2-14,22H,15-17H2,1H3/t22-/m1/s1. The zero-order valence-electron chi connectivity index (χ0n) is 17.3. The summed E-state index contributed by atoms with van der Waals surface area (Å²) in [5.74, 6) is -0.706. The van der Waals surface area contributed by atoms with Crippen molar-refractivity contribution in [2.24, 2.45) is 5.92 Å². The van der Waals surface area contributed by atoms with Gasteiger partial charge >= 0.3 is 5.97 Å². The van der Waals surface area contributed by atoms with E-state index in [0.29, 0.717) is 30.0 Å². The van der Waals surface area contributed by atoms with Crippen LogP contribution in [0.2, 0.25) is 0 Å². The monoisotopic (exact) mass is 413 g/mol. The average molecular weight is 413 g/mol. The molecule has 1 aliphatic rings. The lowest BCUT2D eigenvalue weighted by Gasteiger charge is -2.16. The van der Waals surface area contributed by atoms with Crippen molar-refractivity contribution >= 4 is 17.7 Å². The first-order chi connectivity index (χ1) is 15.0. The normalized spacial score (nSPS) is 15.7. The van der Waals surface area contributed by atoms with Crippen LogP contribution in [-0.4, -0.2) is 29.1 Å². The predicted molar refractivity (Wildman–Crippen MR) is 117 cm³/mol. The molecule has 0 unspecified atom stereocenters. The van der Waals surface area contributed by atoms with E-state index in [0.717, 1.165) is 11.1 Å². The number of aryl methyl sites for hydroxylation is 1. The average Bonchev–Trinajstić information content (AvgIpc) is 3.16. The fourth-order valence-electron chi connectivity index (χ4n) is 3.63. The van der Waals surface area contributed by atoms with Crippen LogP contribution in [0.15, 0.2) is 78.9 Å². The van der Waals surface area contributed by atoms with Gasteiger partial charge < -0.3 is 9.64 Å². The van der Waals surface area contributed by atoms with Crippen LogP contribution in [0, 0.1) is 12.8 Å². The quantitative estimate of drug-likeness (QED) is 0.346. The molecule has 1 aliphatic heterocycles. The van der Waals surface area contributed by atoms with Crippen molar-refractivity contribution in [1.82, 2.24) is 4.90 Å². The van der Waals surface area contributed by atoms with E-state index in [1.54, 1.807) is 41.3 Å². The van der Waals surface area contributed by atoms with Gasteiger partial charge in [0.15, 0.2) is 5.78 Å². The third kappa shape index (κ3) is 4.89. The summed E-state index contributed by atoms with van der Waals surface area (Å²) < 4.78 is 5.47. The van der Waals surface area contributed by atoms with Crippen LogP contribution in [0.25, 0.3) is 0 Å². The Hall–Kier alpha value is -3.73. The molecule has 31 heavy (non-hydrogen) atoms. The van der Waals surface area contributed by atoms with Crippen LogP contribution in [0.5, 0.6) is 5.75 Å². The van der Waals surface area contributed by atoms with E-state index in [1.165, 1.54) is 0 Å². The number of hydrogen-bond acceptors (Lipinski definition) is 4. The van der Waals surface area contributed by atoms with Crippen molar-refractivity contribution in [1.29, 1.82) is 0 Å². The molecule has 1 fully saturated rings. The molecule has 0 aliphatic carbocycles. The Morgan fingerprint density at radius 2 is 1.55 bits per heavy atom. The van der Waals surface area contributed by atoms with E-state index < -0.39 is 11.9 Å². The number of ether oxygens (including phenoxy) is 1. The van der Waals surface area contributed by atoms with Gasteiger partial charge in [-0.2, -0.15) is 0 Å². The molecule has 1 atom stereocenters. The molecule has 4 rings (SSSR count). The summed E-state index contributed by atoms with van der Waals surface area (Å²) in [6.45, 7) is 2.84. The smallest absolute Gasteiger partial charge is 0.316 e. The minimum atomic E-state index is -0.497. The first-order valence-corrected chi connectivity index (χ1v) is 10.2. The first-order valence-electron chi connectivity index (χ1n) is 10.2. The summed E-state index contributed by atoms with van der Waals surface area (Å²) in [7, 11) is 0. The number of benzene rings is 3. The maximum Gasteiger partial charge on any atom is 0.316 e. The van der Waals surface area contributed by atoms with Gasteiger partial charge in [0.25, 0.3) is 0 Å². The Morgan fingerprint density at radius 1 is 0.903 bits per heavy atom. The highest BCUT2D eigenvalue weighted by Gasteiger charge is 2.35. The van der Waals surface area contributed by atoms with Gasteiger partial charge in [0.05, 0.1) is 5.92 Å². The van der Waals surface area contributed by atoms with Gasteiger partial charge in [0.2, 0.25) is 5.91 Å². The van der Waals surface area contributed by atoms with Gasteiger partial charge in [-0.25, -0.2) is 0 Å². The summed E-state index contributed by atoms with van der Waals surface area (Å²) in [5.41, 5.74) is 3.32. The molecule has 5 heteroatoms. The zero-order chi connectivity index (χ0) is 21.8. The third-order valence-electron chi connectivity index (χ3n) is 5.41. The lowest BCUT2D eigenvalue weighted by atomic mass is 10.0. The molecular formula is C26H23NO4. The van der Waals surface area contributed by atoms with E-state index >= 15 is 0 Å². The number of ketones is 1. The molecule has 1 heterocycles. The Kier molecular flexibility index (Phi) is 5.94. The Labute approximate surface area is 181 Å². The number of nitrogens with zero attached hydrogens (tertiary/aromatic N) is 1. The van der Waals surface area contributed by atoms with Crippen LogP contribution < -0.4 is 4.74 Å². The Bertz CT molecular complexity index is 1090. The lowest BCUT2D eigenvalue weighted by molar-refractivity contribution is -0.139. The maximum atomic E-state index is 12.6. The molecule has 0 N–H and O–H groups in total. The summed E-state index contributed by atoms with van der Waals surface area (Å²) in [4.78, 5) is 39.1. The highest BCUT2D eigenvalue weighted by Crippen LogP contribution is 2.23. The van der Waals surface area contributed by atoms with Crippen LogP contribution in [-0.2, 0) is 16.1 Å². The molecular weight excluding hydrogens is 390 g/mol. The SMILES string of the molecule is Cc1ccc(CN2C[C@H](C(=O)Oc3ccc(C(=O)c4ccccc4)cc3)CC2=O)cc1. The molecule has 3 aromatic carbocycles. The number of carbonyl (C=O) groups is 3. The maximum absolute atomic E-state index is 12.6. The van der Waals surface area contributed by atoms with Gasteiger partial charge in [-0.05, 0) is 36.8 Å². The van der Waals surface area contributed by atoms with Gasteiger partial charge in [0, 0.05) is 30.6 Å². The van der Waals surface area contributed by atoms with E-state index in [1.807, 2.05) is 49.4 Å². The first kappa shape index (κ1) is 20.5. The molecule has 0 aromatic heterocycles. The largest absolute Gasteiger partial charge is 0.426 e. The fraction of sp³-hybridized carbons (Fsp3) is 0.192. The topological polar surface area (TPSA) is 63.7 Å². The van der Waals surface area contributed by atoms with Crippen molar-refractivity contribution in [3.05, 3.63) is 101 Å². The minimum Gasteiger partial charge on any atom is -0.426 e. The van der Waals surface area contributed by atoms with Crippen LogP contribution >= 0.6 is 0 Å². The molecule has 5 nitrogen and oxygen atoms in total. The van der Waals surface area contributed by atoms with E-state index in [9.17, 15) is 14.4 Å². The van der Waals surface area contributed by atoms with Crippen molar-refractivity contribution in [3.8, 4) is 5.75 Å². The second-order valence-electron chi connectivity index (χ2n) is 7.80. The summed E-state index contributed by atoms with van der Waals surface area (Å²) in [5, 5.41) is 0. The summed E-state index contributed by atoms with van der Waals surface area (Å²) in [6, 6.07) is 23.5. The molecule has 0 saturated carbocycles. The summed E-state index contributed by atoms with van der Waals surface area (Å²) >= 11 is 0. The number of esters is 1. The number of carbonyl (C=O) groups excluding carboxylic acids is 3. The van der Waals surface area contributed by atoms with Crippen LogP contribution in [0.4, 0.5) is 0 Å². The highest BCUT2D eigenvalue weighted by atomic mass is 16.5. The van der Waals surface area contributed by atoms with Crippen molar-refractivity contribution in [2.45, 2.75) is 19.9 Å². The van der Waals surface area contributed by atoms with Crippen molar-refractivity contribution < 1.29 is 19.1 Å². The highest BCUT2D eigenvalue weighted by molar-refractivity contribution is 6.09. The second kappa shape index (κ2) is 8.96. The minimum absolute atomic E-state index is 0.0497. The Morgan fingerprint density at radius 3 is 2.23 bits per heavy atom. The van der Waals surface area contributed by atoms with E-state index in [4.69, 9.17) is 4.74 Å². The van der Waals surface area contributed by atoms with Crippen molar-refractivity contribution in [2.75, 3.05) is 6.54 Å². The third-order valence-corrected chi connectivity index (χ3v) is 5.41. The molecule has 3 aromatic rings. The predicted octanol–water partition coefficient (Wildman–Crippen LogP) is 4.18. The number of amides is 1. The fourth-order valence-corrected chi connectivity index (χ4v) is 3.63. The molecule has 1 amide bonds. The lowest BCUT2D eigenvalue weighted by Crippen LogP contribution is -2.27. The van der Waals surface area contributed by atoms with Gasteiger partial charge in [-0.3, -0.25) is 14.4 Å². The molecule has 0 bridgehead atoms. The van der Waals surface area contributed by atoms with Gasteiger partial charge in [0.1, 0.15) is 5.75 Å². The van der Waals surface area contributed by atoms with Gasteiger partial charge in [-0.1, -0.05) is 60.2 Å². The summed E-state index contributed by atoms with van der Waals surface area (Å²) in [6.07, 6.45) is 0.148.